The van der Waals surface area contributed by atoms with Crippen LogP contribution in [0.2, 0.25) is 0 Å². The SMILES string of the molecule is COc1cc(C)cc(N2CCC(N3C(=O)Cc4ncccc43)CC2)n1. The number of aryl methyl sites for hydroxylation is 1. The van der Waals surface area contributed by atoms with Gasteiger partial charge in [0, 0.05) is 31.4 Å². The van der Waals surface area contributed by atoms with E-state index in [1.54, 1.807) is 13.3 Å². The molecule has 0 saturated carbocycles. The average molecular weight is 338 g/mol. The van der Waals surface area contributed by atoms with Crippen LogP contribution < -0.4 is 14.5 Å². The fourth-order valence-corrected chi connectivity index (χ4v) is 3.79. The van der Waals surface area contributed by atoms with E-state index in [0.717, 1.165) is 48.7 Å². The van der Waals surface area contributed by atoms with Gasteiger partial charge in [-0.15, -0.1) is 0 Å². The van der Waals surface area contributed by atoms with Gasteiger partial charge in [0.1, 0.15) is 5.82 Å². The fourth-order valence-electron chi connectivity index (χ4n) is 3.79. The molecule has 0 spiro atoms. The zero-order chi connectivity index (χ0) is 17.4. The molecule has 2 aliphatic rings. The summed E-state index contributed by atoms with van der Waals surface area (Å²) in [5.74, 6) is 1.76. The summed E-state index contributed by atoms with van der Waals surface area (Å²) in [6, 6.07) is 8.17. The number of aromatic nitrogens is 2. The summed E-state index contributed by atoms with van der Waals surface area (Å²) in [5.41, 5.74) is 3.03. The summed E-state index contributed by atoms with van der Waals surface area (Å²) in [6.45, 7) is 3.81. The molecular weight excluding hydrogens is 316 g/mol. The van der Waals surface area contributed by atoms with Gasteiger partial charge in [-0.05, 0) is 43.5 Å². The van der Waals surface area contributed by atoms with Crippen LogP contribution in [0.15, 0.2) is 30.5 Å². The quantitative estimate of drug-likeness (QED) is 0.860. The van der Waals surface area contributed by atoms with Crippen LogP contribution in [0.3, 0.4) is 0 Å². The van der Waals surface area contributed by atoms with Gasteiger partial charge in [-0.1, -0.05) is 0 Å². The van der Waals surface area contributed by atoms with Gasteiger partial charge < -0.3 is 14.5 Å². The number of hydrogen-bond donors (Lipinski definition) is 0. The molecule has 4 rings (SSSR count). The highest BCUT2D eigenvalue weighted by Gasteiger charge is 2.35. The second-order valence-corrected chi connectivity index (χ2v) is 6.67. The molecule has 25 heavy (non-hydrogen) atoms. The first-order chi connectivity index (χ1) is 12.2. The molecule has 2 aromatic heterocycles. The highest BCUT2D eigenvalue weighted by molar-refractivity contribution is 6.01. The Morgan fingerprint density at radius 2 is 2.04 bits per heavy atom. The molecule has 1 amide bonds. The molecule has 1 saturated heterocycles. The van der Waals surface area contributed by atoms with Gasteiger partial charge in [0.2, 0.25) is 11.8 Å². The number of fused-ring (bicyclic) bond motifs is 1. The maximum Gasteiger partial charge on any atom is 0.233 e. The van der Waals surface area contributed by atoms with Crippen molar-refractivity contribution in [2.75, 3.05) is 30.0 Å². The van der Waals surface area contributed by atoms with Crippen molar-refractivity contribution in [1.82, 2.24) is 9.97 Å². The predicted octanol–water partition coefficient (Wildman–Crippen LogP) is 2.35. The number of piperidine rings is 1. The van der Waals surface area contributed by atoms with Crippen LogP contribution in [0, 0.1) is 6.92 Å². The summed E-state index contributed by atoms with van der Waals surface area (Å²) in [4.78, 5) is 25.6. The maximum atomic E-state index is 12.5. The van der Waals surface area contributed by atoms with E-state index in [-0.39, 0.29) is 11.9 Å². The van der Waals surface area contributed by atoms with E-state index in [9.17, 15) is 4.79 Å². The number of amides is 1. The Balaban J connectivity index is 1.49. The summed E-state index contributed by atoms with van der Waals surface area (Å²) in [6.07, 6.45) is 4.04. The summed E-state index contributed by atoms with van der Waals surface area (Å²) in [7, 11) is 1.64. The molecule has 2 aromatic rings. The molecule has 0 N–H and O–H groups in total. The van der Waals surface area contributed by atoms with Gasteiger partial charge in [0.15, 0.2) is 0 Å². The fraction of sp³-hybridized carbons (Fsp3) is 0.421. The third-order valence-corrected chi connectivity index (χ3v) is 5.01. The zero-order valence-electron chi connectivity index (χ0n) is 14.6. The van der Waals surface area contributed by atoms with Gasteiger partial charge in [0.25, 0.3) is 0 Å². The Morgan fingerprint density at radius 1 is 1.24 bits per heavy atom. The molecular formula is C19H22N4O2. The van der Waals surface area contributed by atoms with Crippen molar-refractivity contribution in [3.8, 4) is 5.88 Å². The molecule has 0 bridgehead atoms. The Kier molecular flexibility index (Phi) is 4.03. The molecule has 130 valence electrons. The van der Waals surface area contributed by atoms with Crippen LogP contribution >= 0.6 is 0 Å². The van der Waals surface area contributed by atoms with E-state index in [0.29, 0.717) is 12.3 Å². The summed E-state index contributed by atoms with van der Waals surface area (Å²) < 4.78 is 5.28. The van der Waals surface area contributed by atoms with E-state index in [2.05, 4.69) is 20.9 Å². The van der Waals surface area contributed by atoms with Gasteiger partial charge in [-0.25, -0.2) is 0 Å². The van der Waals surface area contributed by atoms with Crippen LogP contribution in [0.5, 0.6) is 5.88 Å². The number of ether oxygens (including phenoxy) is 1. The minimum Gasteiger partial charge on any atom is -0.481 e. The molecule has 0 atom stereocenters. The van der Waals surface area contributed by atoms with Crippen molar-refractivity contribution in [3.63, 3.8) is 0 Å². The lowest BCUT2D eigenvalue weighted by atomic mass is 10.0. The van der Waals surface area contributed by atoms with E-state index >= 15 is 0 Å². The Labute approximate surface area is 147 Å². The lowest BCUT2D eigenvalue weighted by molar-refractivity contribution is -0.117. The van der Waals surface area contributed by atoms with E-state index < -0.39 is 0 Å². The molecule has 0 unspecified atom stereocenters. The Morgan fingerprint density at radius 3 is 2.80 bits per heavy atom. The number of carbonyl (C=O) groups is 1. The molecule has 4 heterocycles. The van der Waals surface area contributed by atoms with Gasteiger partial charge in [0.05, 0.1) is 24.9 Å². The molecule has 0 radical (unpaired) electrons. The largest absolute Gasteiger partial charge is 0.481 e. The molecule has 0 aromatic carbocycles. The number of nitrogens with zero attached hydrogens (tertiary/aromatic N) is 4. The van der Waals surface area contributed by atoms with Crippen molar-refractivity contribution in [1.29, 1.82) is 0 Å². The smallest absolute Gasteiger partial charge is 0.233 e. The monoisotopic (exact) mass is 338 g/mol. The standard InChI is InChI=1S/C19H22N4O2/c1-13-10-17(21-18(11-13)25-2)22-8-5-14(6-9-22)23-16-4-3-7-20-15(16)12-19(23)24/h3-4,7,10-11,14H,5-6,8-9,12H2,1-2H3. The third kappa shape index (κ3) is 2.92. The zero-order valence-corrected chi connectivity index (χ0v) is 14.6. The third-order valence-electron chi connectivity index (χ3n) is 5.01. The second kappa shape index (κ2) is 6.35. The molecule has 0 aliphatic carbocycles. The second-order valence-electron chi connectivity index (χ2n) is 6.67. The van der Waals surface area contributed by atoms with Crippen molar-refractivity contribution in [2.24, 2.45) is 0 Å². The Hall–Kier alpha value is -2.63. The average Bonchev–Trinajstić information content (AvgIpc) is 2.97. The van der Waals surface area contributed by atoms with Crippen LogP contribution in [-0.4, -0.2) is 42.1 Å². The number of methoxy groups -OCH3 is 1. The van der Waals surface area contributed by atoms with Gasteiger partial charge in [-0.2, -0.15) is 4.98 Å². The topological polar surface area (TPSA) is 58.6 Å². The molecule has 6 nitrogen and oxygen atoms in total. The highest BCUT2D eigenvalue weighted by atomic mass is 16.5. The van der Waals surface area contributed by atoms with Crippen molar-refractivity contribution in [2.45, 2.75) is 32.2 Å². The highest BCUT2D eigenvalue weighted by Crippen LogP contribution is 2.33. The number of carbonyl (C=O) groups excluding carboxylic acids is 1. The predicted molar refractivity (Wildman–Crippen MR) is 96.2 cm³/mol. The molecule has 2 aliphatic heterocycles. The number of anilines is 2. The van der Waals surface area contributed by atoms with Crippen LogP contribution in [0.4, 0.5) is 11.5 Å². The van der Waals surface area contributed by atoms with Crippen LogP contribution in [0.25, 0.3) is 0 Å². The van der Waals surface area contributed by atoms with E-state index in [1.165, 1.54) is 0 Å². The number of rotatable bonds is 3. The normalized spacial score (nSPS) is 17.8. The first-order valence-corrected chi connectivity index (χ1v) is 8.69. The molecule has 1 fully saturated rings. The van der Waals surface area contributed by atoms with Crippen molar-refractivity contribution in [3.05, 3.63) is 41.7 Å². The van der Waals surface area contributed by atoms with Crippen molar-refractivity contribution >= 4 is 17.4 Å². The van der Waals surface area contributed by atoms with Crippen LogP contribution in [-0.2, 0) is 11.2 Å². The molecule has 6 heteroatoms. The van der Waals surface area contributed by atoms with Gasteiger partial charge >= 0.3 is 0 Å². The first-order valence-electron chi connectivity index (χ1n) is 8.69. The number of hydrogen-bond acceptors (Lipinski definition) is 5. The number of pyridine rings is 2. The lowest BCUT2D eigenvalue weighted by Gasteiger charge is -2.37. The Bertz CT molecular complexity index is 800. The summed E-state index contributed by atoms with van der Waals surface area (Å²) in [5, 5.41) is 0. The van der Waals surface area contributed by atoms with E-state index in [1.807, 2.05) is 30.0 Å². The lowest BCUT2D eigenvalue weighted by Crippen LogP contribution is -2.46. The van der Waals surface area contributed by atoms with Crippen LogP contribution in [0.1, 0.15) is 24.1 Å². The van der Waals surface area contributed by atoms with Gasteiger partial charge in [-0.3, -0.25) is 9.78 Å². The van der Waals surface area contributed by atoms with E-state index in [4.69, 9.17) is 4.74 Å². The minimum atomic E-state index is 0.169. The maximum absolute atomic E-state index is 12.5. The van der Waals surface area contributed by atoms with Crippen molar-refractivity contribution < 1.29 is 9.53 Å². The minimum absolute atomic E-state index is 0.169. The summed E-state index contributed by atoms with van der Waals surface area (Å²) >= 11 is 0. The first kappa shape index (κ1) is 15.9.